The van der Waals surface area contributed by atoms with Gasteiger partial charge in [-0.2, -0.15) is 0 Å². The van der Waals surface area contributed by atoms with Gasteiger partial charge < -0.3 is 19.9 Å². The van der Waals surface area contributed by atoms with E-state index >= 15 is 0 Å². The fourth-order valence-corrected chi connectivity index (χ4v) is 5.94. The number of hydrogen-bond donors (Lipinski definition) is 2. The molecule has 1 saturated heterocycles. The van der Waals surface area contributed by atoms with E-state index in [-0.39, 0.29) is 24.7 Å². The minimum Gasteiger partial charge on any atom is -0.392 e. The van der Waals surface area contributed by atoms with Crippen molar-refractivity contribution in [3.8, 4) is 11.1 Å². The molecule has 0 bridgehead atoms. The van der Waals surface area contributed by atoms with Crippen LogP contribution in [0.2, 0.25) is 0 Å². The smallest absolute Gasteiger partial charge is 0.251 e. The zero-order chi connectivity index (χ0) is 30.1. The Kier molecular flexibility index (Phi) is 9.74. The maximum absolute atomic E-state index is 12.5. The van der Waals surface area contributed by atoms with E-state index in [9.17, 15) is 9.90 Å². The van der Waals surface area contributed by atoms with Crippen LogP contribution in [0.25, 0.3) is 11.1 Å². The van der Waals surface area contributed by atoms with Crippen LogP contribution in [-0.4, -0.2) is 32.8 Å². The lowest BCUT2D eigenvalue weighted by Gasteiger charge is -2.36. The van der Waals surface area contributed by atoms with E-state index in [1.165, 1.54) is 0 Å². The first-order valence-electron chi connectivity index (χ1n) is 14.6. The molecule has 3 atom stereocenters. The number of carbonyl (C=O) groups is 1. The van der Waals surface area contributed by atoms with Crippen LogP contribution in [0.15, 0.2) is 127 Å². The van der Waals surface area contributed by atoms with E-state index < -0.39 is 6.29 Å². The third-order valence-electron chi connectivity index (χ3n) is 7.49. The topological polar surface area (TPSA) is 93.6 Å². The Morgan fingerprint density at radius 2 is 1.55 bits per heavy atom. The molecule has 7 nitrogen and oxygen atoms in total. The van der Waals surface area contributed by atoms with Crippen LogP contribution >= 0.6 is 11.8 Å². The fourth-order valence-electron chi connectivity index (χ4n) is 5.12. The Labute approximate surface area is 261 Å². The van der Waals surface area contributed by atoms with Gasteiger partial charge in [0.2, 0.25) is 0 Å². The predicted octanol–water partition coefficient (Wildman–Crippen LogP) is 6.90. The highest BCUT2D eigenvalue weighted by atomic mass is 32.2. The van der Waals surface area contributed by atoms with Gasteiger partial charge in [0, 0.05) is 42.2 Å². The molecule has 0 spiro atoms. The first-order valence-corrected chi connectivity index (χ1v) is 15.6. The van der Waals surface area contributed by atoms with Crippen LogP contribution in [-0.2, 0) is 22.6 Å². The average Bonchev–Trinajstić information content (AvgIpc) is 3.10. The Bertz CT molecular complexity index is 1650. The van der Waals surface area contributed by atoms with E-state index in [0.29, 0.717) is 29.4 Å². The van der Waals surface area contributed by atoms with E-state index in [1.54, 1.807) is 42.4 Å². The summed E-state index contributed by atoms with van der Waals surface area (Å²) in [6.07, 6.45) is 3.40. The van der Waals surface area contributed by atoms with Gasteiger partial charge >= 0.3 is 0 Å². The van der Waals surface area contributed by atoms with Crippen LogP contribution in [0, 0.1) is 0 Å². The molecule has 0 radical (unpaired) electrons. The van der Waals surface area contributed by atoms with Gasteiger partial charge in [0.1, 0.15) is 0 Å². The first kappa shape index (κ1) is 29.7. The molecule has 1 fully saturated rings. The standard InChI is InChI=1S/C36H33N3O4S/c40-23-25-10-12-28(13-11-25)33-21-32(24-44-36-37-18-5-19-38-36)42-35(43-33)30-16-14-27(15-17-30)31-9-4-6-26(20-31)22-39-34(41)29-7-2-1-3-8-29/h1-20,32-33,35,40H,21-24H2,(H,39,41)/t32-,33+,35+/m1/s1. The van der Waals surface area contributed by atoms with Crippen LogP contribution in [0.4, 0.5) is 0 Å². The maximum Gasteiger partial charge on any atom is 0.251 e. The predicted molar refractivity (Wildman–Crippen MR) is 171 cm³/mol. The number of aliphatic hydroxyl groups is 1. The maximum atomic E-state index is 12.5. The number of hydrogen-bond acceptors (Lipinski definition) is 7. The normalized spacial score (nSPS) is 18.1. The van der Waals surface area contributed by atoms with Crippen molar-refractivity contribution in [2.24, 2.45) is 0 Å². The molecule has 8 heteroatoms. The van der Waals surface area contributed by atoms with E-state index in [0.717, 1.165) is 33.4 Å². The van der Waals surface area contributed by atoms with Crippen LogP contribution in [0.3, 0.4) is 0 Å². The van der Waals surface area contributed by atoms with Crippen LogP contribution < -0.4 is 5.32 Å². The first-order chi connectivity index (χ1) is 21.6. The van der Waals surface area contributed by atoms with Gasteiger partial charge in [-0.25, -0.2) is 9.97 Å². The summed E-state index contributed by atoms with van der Waals surface area (Å²) in [4.78, 5) is 21.2. The lowest BCUT2D eigenvalue weighted by Crippen LogP contribution is -2.31. The molecule has 2 heterocycles. The minimum absolute atomic E-state index is 0.00542. The molecule has 0 aliphatic carbocycles. The highest BCUT2D eigenvalue weighted by Gasteiger charge is 2.32. The number of thioether (sulfide) groups is 1. The van der Waals surface area contributed by atoms with Crippen molar-refractivity contribution in [1.82, 2.24) is 15.3 Å². The highest BCUT2D eigenvalue weighted by Crippen LogP contribution is 2.39. The largest absolute Gasteiger partial charge is 0.392 e. The lowest BCUT2D eigenvalue weighted by atomic mass is 9.99. The molecule has 222 valence electrons. The molecule has 2 N–H and O–H groups in total. The average molecular weight is 604 g/mol. The summed E-state index contributed by atoms with van der Waals surface area (Å²) in [5.74, 6) is 0.601. The number of nitrogens with zero attached hydrogens (tertiary/aromatic N) is 2. The summed E-state index contributed by atoms with van der Waals surface area (Å²) in [7, 11) is 0. The Balaban J connectivity index is 1.15. The van der Waals surface area contributed by atoms with Crippen molar-refractivity contribution in [1.29, 1.82) is 0 Å². The molecule has 0 saturated carbocycles. The van der Waals surface area contributed by atoms with Gasteiger partial charge in [0.05, 0.1) is 18.8 Å². The van der Waals surface area contributed by atoms with Gasteiger partial charge in [-0.15, -0.1) is 0 Å². The molecule has 1 amide bonds. The summed E-state index contributed by atoms with van der Waals surface area (Å²) >= 11 is 1.57. The number of carbonyl (C=O) groups excluding carboxylic acids is 1. The monoisotopic (exact) mass is 603 g/mol. The van der Waals surface area contributed by atoms with Gasteiger partial charge in [-0.1, -0.05) is 96.7 Å². The molecule has 1 aromatic heterocycles. The molecule has 6 rings (SSSR count). The van der Waals surface area contributed by atoms with Crippen molar-refractivity contribution >= 4 is 17.7 Å². The lowest BCUT2D eigenvalue weighted by molar-refractivity contribution is -0.245. The molecule has 44 heavy (non-hydrogen) atoms. The van der Waals surface area contributed by atoms with Crippen molar-refractivity contribution < 1.29 is 19.4 Å². The summed E-state index contributed by atoms with van der Waals surface area (Å²) in [5.41, 5.74) is 6.64. The SMILES string of the molecule is O=C(NCc1cccc(-c2ccc([C@H]3O[C@@H](CSc4ncccn4)C[C@@H](c4ccc(CO)cc4)O3)cc2)c1)c1ccccc1. The quantitative estimate of drug-likeness (QED) is 0.132. The number of ether oxygens (including phenoxy) is 2. The molecule has 4 aromatic carbocycles. The third kappa shape index (κ3) is 7.59. The van der Waals surface area contributed by atoms with Gasteiger partial charge in [0.25, 0.3) is 5.91 Å². The van der Waals surface area contributed by atoms with Gasteiger partial charge in [0.15, 0.2) is 11.4 Å². The zero-order valence-electron chi connectivity index (χ0n) is 24.1. The highest BCUT2D eigenvalue weighted by molar-refractivity contribution is 7.99. The Morgan fingerprint density at radius 1 is 0.795 bits per heavy atom. The van der Waals surface area contributed by atoms with E-state index in [2.05, 4.69) is 39.6 Å². The van der Waals surface area contributed by atoms with Crippen molar-refractivity contribution in [2.45, 2.75) is 43.2 Å². The van der Waals surface area contributed by atoms with Crippen molar-refractivity contribution in [2.75, 3.05) is 5.75 Å². The van der Waals surface area contributed by atoms with E-state index in [1.807, 2.05) is 66.7 Å². The molecule has 0 unspecified atom stereocenters. The summed E-state index contributed by atoms with van der Waals surface area (Å²) in [6, 6.07) is 35.3. The Hall–Kier alpha value is -4.34. The fraction of sp³-hybridized carbons (Fsp3) is 0.194. The number of nitrogens with one attached hydrogen (secondary N) is 1. The summed E-state index contributed by atoms with van der Waals surface area (Å²) in [5, 5.41) is 13.2. The Morgan fingerprint density at radius 3 is 2.30 bits per heavy atom. The molecular weight excluding hydrogens is 570 g/mol. The second kappa shape index (κ2) is 14.4. The third-order valence-corrected chi connectivity index (χ3v) is 8.50. The summed E-state index contributed by atoms with van der Waals surface area (Å²) in [6.45, 7) is 0.447. The van der Waals surface area contributed by atoms with Gasteiger partial charge in [-0.3, -0.25) is 4.79 Å². The second-order valence-electron chi connectivity index (χ2n) is 10.6. The number of rotatable bonds is 10. The van der Waals surface area contributed by atoms with Crippen molar-refractivity contribution in [3.05, 3.63) is 149 Å². The zero-order valence-corrected chi connectivity index (χ0v) is 24.9. The van der Waals surface area contributed by atoms with E-state index in [4.69, 9.17) is 9.47 Å². The molecular formula is C36H33N3O4S. The van der Waals surface area contributed by atoms with Crippen molar-refractivity contribution in [3.63, 3.8) is 0 Å². The van der Waals surface area contributed by atoms with Crippen LogP contribution in [0.5, 0.6) is 0 Å². The second-order valence-corrected chi connectivity index (χ2v) is 11.6. The number of aliphatic hydroxyl groups excluding tert-OH is 1. The number of aromatic nitrogens is 2. The minimum atomic E-state index is -0.540. The van der Waals surface area contributed by atoms with Gasteiger partial charge in [-0.05, 0) is 52.1 Å². The summed E-state index contributed by atoms with van der Waals surface area (Å²) < 4.78 is 13.0. The molecule has 1 aliphatic heterocycles. The number of amides is 1. The molecule has 1 aliphatic rings. The molecule has 5 aromatic rings. The van der Waals surface area contributed by atoms with Crippen LogP contribution in [0.1, 0.15) is 51.4 Å². The number of benzene rings is 4.